The molecule has 0 bridgehead atoms. The highest BCUT2D eigenvalue weighted by Gasteiger charge is 2.43. The van der Waals surface area contributed by atoms with Gasteiger partial charge in [-0.3, -0.25) is 0 Å². The van der Waals surface area contributed by atoms with Crippen LogP contribution in [0.15, 0.2) is 42.5 Å². The Balaban J connectivity index is 1.83. The number of amides is 1. The summed E-state index contributed by atoms with van der Waals surface area (Å²) in [7, 11) is 0. The van der Waals surface area contributed by atoms with Crippen molar-refractivity contribution < 1.29 is 23.4 Å². The molecular weight excluding hydrogens is 376 g/mol. The first-order valence-corrected chi connectivity index (χ1v) is 9.05. The number of halogens is 3. The fourth-order valence-corrected chi connectivity index (χ4v) is 3.55. The van der Waals surface area contributed by atoms with Crippen molar-refractivity contribution in [2.24, 2.45) is 0 Å². The Hall–Kier alpha value is -2.18. The fraction of sp³-hybridized carbons (Fsp3) is 0.350. The highest BCUT2D eigenvalue weighted by molar-refractivity contribution is 6.30. The number of benzene rings is 2. The summed E-state index contributed by atoms with van der Waals surface area (Å²) in [6, 6.07) is 9.73. The van der Waals surface area contributed by atoms with Crippen molar-refractivity contribution in [3.63, 3.8) is 0 Å². The summed E-state index contributed by atoms with van der Waals surface area (Å²) in [4.78, 5) is 14.2. The molecule has 0 radical (unpaired) electrons. The first-order chi connectivity index (χ1) is 12.9. The van der Waals surface area contributed by atoms with Crippen LogP contribution >= 0.6 is 11.6 Å². The van der Waals surface area contributed by atoms with Gasteiger partial charge in [0.1, 0.15) is 17.2 Å². The smallest absolute Gasteiger partial charge is 0.411 e. The van der Waals surface area contributed by atoms with E-state index in [0.29, 0.717) is 24.1 Å². The molecule has 4 nitrogen and oxygen atoms in total. The Labute approximate surface area is 161 Å². The Kier molecular flexibility index (Phi) is 5.67. The third-order valence-electron chi connectivity index (χ3n) is 5.05. The Bertz CT molecular complexity index is 830. The second kappa shape index (κ2) is 7.82. The number of hydrogen-bond acceptors (Lipinski definition) is 3. The third-order valence-corrected chi connectivity index (χ3v) is 5.36. The molecule has 2 aromatic rings. The van der Waals surface area contributed by atoms with Gasteiger partial charge >= 0.3 is 6.09 Å². The van der Waals surface area contributed by atoms with E-state index in [2.05, 4.69) is 0 Å². The second-order valence-corrected chi connectivity index (χ2v) is 7.04. The lowest BCUT2D eigenvalue weighted by Crippen LogP contribution is -2.49. The number of hydrogen-bond donors (Lipinski definition) is 1. The SMILES string of the molecule is C[C@@H](c1ccc(Cl)c(F)c1)N1CCC(CCO)(c2ccc(F)cc2)OC1=O. The van der Waals surface area contributed by atoms with Gasteiger partial charge in [-0.25, -0.2) is 13.6 Å². The quantitative estimate of drug-likeness (QED) is 0.791. The number of aliphatic hydroxyl groups is 1. The minimum absolute atomic E-state index is 0.0189. The summed E-state index contributed by atoms with van der Waals surface area (Å²) in [6.07, 6.45) is 0.0648. The van der Waals surface area contributed by atoms with E-state index in [1.54, 1.807) is 25.1 Å². The number of cyclic esters (lactones) is 1. The van der Waals surface area contributed by atoms with E-state index in [4.69, 9.17) is 16.3 Å². The zero-order chi connectivity index (χ0) is 19.6. The molecule has 27 heavy (non-hydrogen) atoms. The van der Waals surface area contributed by atoms with Gasteiger partial charge in [-0.2, -0.15) is 0 Å². The first kappa shape index (κ1) is 19.6. The van der Waals surface area contributed by atoms with Gasteiger partial charge in [0.25, 0.3) is 0 Å². The zero-order valence-electron chi connectivity index (χ0n) is 14.8. The van der Waals surface area contributed by atoms with Gasteiger partial charge in [-0.15, -0.1) is 0 Å². The van der Waals surface area contributed by atoms with Crippen molar-refractivity contribution >= 4 is 17.7 Å². The standard InChI is InChI=1S/C20H20ClF2NO3/c1-13(14-2-7-17(21)18(23)12-14)24-10-8-20(9-11-25,27-19(24)26)15-3-5-16(22)6-4-15/h2-7,12-13,25H,8-11H2,1H3/t13-,20?/m0/s1. The number of carbonyl (C=O) groups is 1. The highest BCUT2D eigenvalue weighted by Crippen LogP contribution is 2.39. The molecular formula is C20H20ClF2NO3. The summed E-state index contributed by atoms with van der Waals surface area (Å²) >= 11 is 5.72. The molecule has 144 valence electrons. The molecule has 0 aromatic heterocycles. The van der Waals surface area contributed by atoms with Crippen LogP contribution in [0.25, 0.3) is 0 Å². The van der Waals surface area contributed by atoms with Crippen molar-refractivity contribution in [3.8, 4) is 0 Å². The van der Waals surface area contributed by atoms with Crippen LogP contribution in [-0.2, 0) is 10.3 Å². The van der Waals surface area contributed by atoms with Gasteiger partial charge in [-0.1, -0.05) is 29.8 Å². The lowest BCUT2D eigenvalue weighted by molar-refractivity contribution is -0.0718. The van der Waals surface area contributed by atoms with Crippen LogP contribution in [0.2, 0.25) is 5.02 Å². The van der Waals surface area contributed by atoms with Crippen LogP contribution in [0.4, 0.5) is 13.6 Å². The normalized spacial score (nSPS) is 21.1. The maximum atomic E-state index is 13.8. The van der Waals surface area contributed by atoms with Crippen molar-refractivity contribution in [3.05, 3.63) is 70.2 Å². The summed E-state index contributed by atoms with van der Waals surface area (Å²) in [5.41, 5.74) is 0.225. The monoisotopic (exact) mass is 395 g/mol. The van der Waals surface area contributed by atoms with Gasteiger partial charge in [0.15, 0.2) is 0 Å². The average molecular weight is 396 g/mol. The molecule has 7 heteroatoms. The number of rotatable bonds is 5. The van der Waals surface area contributed by atoms with Crippen LogP contribution < -0.4 is 0 Å². The predicted octanol–water partition coefficient (Wildman–Crippen LogP) is 4.80. The van der Waals surface area contributed by atoms with E-state index in [9.17, 15) is 18.7 Å². The Morgan fingerprint density at radius 2 is 1.96 bits per heavy atom. The van der Waals surface area contributed by atoms with Crippen molar-refractivity contribution in [1.29, 1.82) is 0 Å². The molecule has 2 atom stereocenters. The number of aliphatic hydroxyl groups excluding tert-OH is 1. The minimum Gasteiger partial charge on any atom is -0.438 e. The topological polar surface area (TPSA) is 49.8 Å². The van der Waals surface area contributed by atoms with Crippen LogP contribution in [0.3, 0.4) is 0 Å². The zero-order valence-corrected chi connectivity index (χ0v) is 15.5. The van der Waals surface area contributed by atoms with E-state index in [1.165, 1.54) is 29.2 Å². The third kappa shape index (κ3) is 3.92. The minimum atomic E-state index is -1.01. The number of nitrogens with zero attached hydrogens (tertiary/aromatic N) is 1. The Morgan fingerprint density at radius 1 is 1.26 bits per heavy atom. The van der Waals surface area contributed by atoms with Crippen molar-refractivity contribution in [2.75, 3.05) is 13.2 Å². The van der Waals surface area contributed by atoms with E-state index >= 15 is 0 Å². The van der Waals surface area contributed by atoms with Crippen molar-refractivity contribution in [2.45, 2.75) is 31.4 Å². The maximum absolute atomic E-state index is 13.8. The summed E-state index contributed by atoms with van der Waals surface area (Å²) in [6.45, 7) is 1.95. The fourth-order valence-electron chi connectivity index (χ4n) is 3.43. The first-order valence-electron chi connectivity index (χ1n) is 8.68. The van der Waals surface area contributed by atoms with E-state index in [0.717, 1.165) is 0 Å². The molecule has 3 rings (SSSR count). The summed E-state index contributed by atoms with van der Waals surface area (Å²) in [5.74, 6) is -0.938. The van der Waals surface area contributed by atoms with Crippen LogP contribution in [0.5, 0.6) is 0 Å². The lowest BCUT2D eigenvalue weighted by atomic mass is 9.85. The molecule has 1 unspecified atom stereocenters. The predicted molar refractivity (Wildman–Crippen MR) is 97.4 cm³/mol. The van der Waals surface area contributed by atoms with Gasteiger partial charge in [0, 0.05) is 26.0 Å². The van der Waals surface area contributed by atoms with E-state index in [1.807, 2.05) is 0 Å². The average Bonchev–Trinajstić information content (AvgIpc) is 2.64. The van der Waals surface area contributed by atoms with E-state index in [-0.39, 0.29) is 23.9 Å². The van der Waals surface area contributed by atoms with Gasteiger partial charge in [0.05, 0.1) is 11.1 Å². The van der Waals surface area contributed by atoms with Crippen LogP contribution in [-0.4, -0.2) is 29.3 Å². The molecule has 2 aromatic carbocycles. The van der Waals surface area contributed by atoms with E-state index < -0.39 is 23.6 Å². The van der Waals surface area contributed by atoms with Gasteiger partial charge in [-0.05, 0) is 42.3 Å². The molecule has 1 saturated heterocycles. The molecule has 1 heterocycles. The molecule has 1 N–H and O–H groups in total. The summed E-state index contributed by atoms with van der Waals surface area (Å²) in [5, 5.41) is 9.48. The number of ether oxygens (including phenoxy) is 1. The molecule has 1 amide bonds. The second-order valence-electron chi connectivity index (χ2n) is 6.64. The van der Waals surface area contributed by atoms with Crippen LogP contribution in [0.1, 0.15) is 36.9 Å². The van der Waals surface area contributed by atoms with Gasteiger partial charge in [0.2, 0.25) is 0 Å². The maximum Gasteiger partial charge on any atom is 0.411 e. The Morgan fingerprint density at radius 3 is 2.56 bits per heavy atom. The molecule has 0 saturated carbocycles. The molecule has 0 aliphatic carbocycles. The van der Waals surface area contributed by atoms with Gasteiger partial charge < -0.3 is 14.7 Å². The lowest BCUT2D eigenvalue weighted by Gasteiger charge is -2.43. The summed E-state index contributed by atoms with van der Waals surface area (Å²) < 4.78 is 32.7. The largest absolute Gasteiger partial charge is 0.438 e. The highest BCUT2D eigenvalue weighted by atomic mass is 35.5. The molecule has 1 aliphatic rings. The van der Waals surface area contributed by atoms with Crippen LogP contribution in [0, 0.1) is 11.6 Å². The number of carbonyl (C=O) groups excluding carboxylic acids is 1. The van der Waals surface area contributed by atoms with Crippen molar-refractivity contribution in [1.82, 2.24) is 4.90 Å². The molecule has 1 aliphatic heterocycles. The molecule has 1 fully saturated rings. The molecule has 0 spiro atoms.